The minimum absolute atomic E-state index is 0.134. The minimum Gasteiger partial charge on any atom is -0.465 e. The third kappa shape index (κ3) is 3.00. The first kappa shape index (κ1) is 14.2. The lowest BCUT2D eigenvalue weighted by Gasteiger charge is -2.33. The molecule has 0 saturated carbocycles. The zero-order valence-electron chi connectivity index (χ0n) is 10.1. The number of anilines is 1. The van der Waals surface area contributed by atoms with Crippen molar-refractivity contribution in [2.24, 2.45) is 0 Å². The summed E-state index contributed by atoms with van der Waals surface area (Å²) in [7, 11) is 0. The second kappa shape index (κ2) is 5.02. The average Bonchev–Trinajstić information content (AvgIpc) is 2.37. The van der Waals surface area contributed by atoms with Gasteiger partial charge in [0.15, 0.2) is 5.69 Å². The number of hydrogen-bond donors (Lipinski definition) is 2. The molecule has 1 fully saturated rings. The van der Waals surface area contributed by atoms with Crippen LogP contribution in [-0.4, -0.2) is 52.2 Å². The fourth-order valence-corrected chi connectivity index (χ4v) is 1.85. The predicted molar refractivity (Wildman–Crippen MR) is 61.7 cm³/mol. The SMILES string of the molecule is O=C(O)N1CCN(c2nc(C(F)(F)F)cc(=O)[nH]2)CC1. The maximum Gasteiger partial charge on any atom is 0.433 e. The van der Waals surface area contributed by atoms with Crippen LogP contribution in [0.4, 0.5) is 23.9 Å². The van der Waals surface area contributed by atoms with Crippen LogP contribution in [0.3, 0.4) is 0 Å². The van der Waals surface area contributed by atoms with E-state index in [1.54, 1.807) is 0 Å². The molecule has 110 valence electrons. The van der Waals surface area contributed by atoms with Gasteiger partial charge in [0.05, 0.1) is 0 Å². The van der Waals surface area contributed by atoms with Crippen LogP contribution in [0.15, 0.2) is 10.9 Å². The number of aromatic nitrogens is 2. The number of carboxylic acid groups (broad SMARTS) is 1. The molecule has 0 aliphatic carbocycles. The number of H-pyrrole nitrogens is 1. The van der Waals surface area contributed by atoms with E-state index in [9.17, 15) is 22.8 Å². The zero-order valence-corrected chi connectivity index (χ0v) is 10.1. The first-order valence-corrected chi connectivity index (χ1v) is 5.69. The lowest BCUT2D eigenvalue weighted by molar-refractivity contribution is -0.141. The zero-order chi connectivity index (χ0) is 14.9. The lowest BCUT2D eigenvalue weighted by Crippen LogP contribution is -2.49. The molecule has 20 heavy (non-hydrogen) atoms. The average molecular weight is 292 g/mol. The maximum atomic E-state index is 12.6. The lowest BCUT2D eigenvalue weighted by atomic mass is 10.3. The van der Waals surface area contributed by atoms with Gasteiger partial charge in [-0.25, -0.2) is 9.78 Å². The summed E-state index contributed by atoms with van der Waals surface area (Å²) in [4.78, 5) is 30.1. The second-order valence-electron chi connectivity index (χ2n) is 4.21. The Morgan fingerprint density at radius 2 is 1.90 bits per heavy atom. The molecule has 0 radical (unpaired) electrons. The molecule has 10 heteroatoms. The third-order valence-corrected chi connectivity index (χ3v) is 2.87. The van der Waals surface area contributed by atoms with Crippen molar-refractivity contribution in [1.29, 1.82) is 0 Å². The highest BCUT2D eigenvalue weighted by Gasteiger charge is 2.34. The van der Waals surface area contributed by atoms with Gasteiger partial charge in [0.1, 0.15) is 0 Å². The van der Waals surface area contributed by atoms with E-state index in [0.29, 0.717) is 6.07 Å². The second-order valence-corrected chi connectivity index (χ2v) is 4.21. The van der Waals surface area contributed by atoms with Crippen LogP contribution in [0.25, 0.3) is 0 Å². The normalized spacial score (nSPS) is 16.4. The molecule has 1 saturated heterocycles. The van der Waals surface area contributed by atoms with E-state index in [2.05, 4.69) is 9.97 Å². The van der Waals surface area contributed by atoms with Crippen molar-refractivity contribution in [3.63, 3.8) is 0 Å². The highest BCUT2D eigenvalue weighted by Crippen LogP contribution is 2.27. The Labute approximate surface area is 110 Å². The monoisotopic (exact) mass is 292 g/mol. The number of halogens is 3. The largest absolute Gasteiger partial charge is 0.465 e. The van der Waals surface area contributed by atoms with Crippen molar-refractivity contribution in [1.82, 2.24) is 14.9 Å². The van der Waals surface area contributed by atoms with Crippen molar-refractivity contribution in [2.45, 2.75) is 6.18 Å². The van der Waals surface area contributed by atoms with Crippen LogP contribution in [0, 0.1) is 0 Å². The number of aromatic amines is 1. The molecule has 1 aliphatic heterocycles. The Hall–Kier alpha value is -2.26. The molecule has 1 aromatic heterocycles. The van der Waals surface area contributed by atoms with Crippen molar-refractivity contribution < 1.29 is 23.1 Å². The summed E-state index contributed by atoms with van der Waals surface area (Å²) in [5.74, 6) is -0.199. The molecule has 0 spiro atoms. The molecular formula is C10H11F3N4O3. The number of piperazine rings is 1. The molecule has 1 aromatic rings. The molecule has 2 rings (SSSR count). The maximum absolute atomic E-state index is 12.6. The van der Waals surface area contributed by atoms with Gasteiger partial charge >= 0.3 is 12.3 Å². The van der Waals surface area contributed by atoms with E-state index in [4.69, 9.17) is 5.11 Å². The summed E-state index contributed by atoms with van der Waals surface area (Å²) >= 11 is 0. The minimum atomic E-state index is -4.70. The summed E-state index contributed by atoms with van der Waals surface area (Å²) in [5.41, 5.74) is -2.17. The number of carbonyl (C=O) groups is 1. The molecular weight excluding hydrogens is 281 g/mol. The third-order valence-electron chi connectivity index (χ3n) is 2.87. The Kier molecular flexibility index (Phi) is 3.55. The number of amides is 1. The van der Waals surface area contributed by atoms with Crippen molar-refractivity contribution in [3.05, 3.63) is 22.1 Å². The predicted octanol–water partition coefficient (Wildman–Crippen LogP) is 0.589. The van der Waals surface area contributed by atoms with Gasteiger partial charge in [-0.1, -0.05) is 0 Å². The van der Waals surface area contributed by atoms with Gasteiger partial charge in [0, 0.05) is 32.2 Å². The van der Waals surface area contributed by atoms with Gasteiger partial charge in [0.2, 0.25) is 5.95 Å². The molecule has 0 unspecified atom stereocenters. The number of nitrogens with zero attached hydrogens (tertiary/aromatic N) is 3. The van der Waals surface area contributed by atoms with Crippen LogP contribution >= 0.6 is 0 Å². The molecule has 7 nitrogen and oxygen atoms in total. The number of rotatable bonds is 1. The van der Waals surface area contributed by atoms with Gasteiger partial charge < -0.3 is 14.9 Å². The number of alkyl halides is 3. The molecule has 2 heterocycles. The first-order valence-electron chi connectivity index (χ1n) is 5.69. The molecule has 0 aromatic carbocycles. The Morgan fingerprint density at radius 3 is 2.40 bits per heavy atom. The van der Waals surface area contributed by atoms with Gasteiger partial charge in [-0.2, -0.15) is 13.2 Å². The van der Waals surface area contributed by atoms with Gasteiger partial charge in [-0.05, 0) is 0 Å². The van der Waals surface area contributed by atoms with Crippen LogP contribution in [0.1, 0.15) is 5.69 Å². The van der Waals surface area contributed by atoms with E-state index in [0.717, 1.165) is 4.90 Å². The number of hydrogen-bond acceptors (Lipinski definition) is 4. The molecule has 2 N–H and O–H groups in total. The quantitative estimate of drug-likeness (QED) is 0.790. The van der Waals surface area contributed by atoms with Crippen LogP contribution < -0.4 is 10.5 Å². The fraction of sp³-hybridized carbons (Fsp3) is 0.500. The first-order chi connectivity index (χ1) is 9.27. The molecule has 1 aliphatic rings. The molecule has 0 bridgehead atoms. The smallest absolute Gasteiger partial charge is 0.433 e. The van der Waals surface area contributed by atoms with Gasteiger partial charge in [-0.3, -0.25) is 9.78 Å². The Morgan fingerprint density at radius 1 is 1.30 bits per heavy atom. The van der Waals surface area contributed by atoms with Gasteiger partial charge in [0.25, 0.3) is 5.56 Å². The van der Waals surface area contributed by atoms with E-state index in [-0.39, 0.29) is 32.1 Å². The van der Waals surface area contributed by atoms with E-state index in [1.807, 2.05) is 0 Å². The van der Waals surface area contributed by atoms with Crippen LogP contribution in [0.2, 0.25) is 0 Å². The van der Waals surface area contributed by atoms with Crippen LogP contribution in [0.5, 0.6) is 0 Å². The molecule has 0 atom stereocenters. The van der Waals surface area contributed by atoms with Crippen molar-refractivity contribution in [2.75, 3.05) is 31.1 Å². The number of nitrogens with one attached hydrogen (secondary N) is 1. The highest BCUT2D eigenvalue weighted by molar-refractivity contribution is 5.65. The summed E-state index contributed by atoms with van der Waals surface area (Å²) in [6.07, 6.45) is -5.79. The summed E-state index contributed by atoms with van der Waals surface area (Å²) < 4.78 is 37.7. The summed E-state index contributed by atoms with van der Waals surface area (Å²) in [5, 5.41) is 8.78. The standard InChI is InChI=1S/C10H11F3N4O3/c11-10(12,13)6-5-7(18)15-8(14-6)16-1-3-17(4-2-16)9(19)20/h5H,1-4H2,(H,19,20)(H,14,15,18). The van der Waals surface area contributed by atoms with E-state index < -0.39 is 23.5 Å². The van der Waals surface area contributed by atoms with Crippen LogP contribution in [-0.2, 0) is 6.18 Å². The Balaban J connectivity index is 2.20. The molecule has 1 amide bonds. The van der Waals surface area contributed by atoms with Crippen molar-refractivity contribution >= 4 is 12.0 Å². The van der Waals surface area contributed by atoms with Gasteiger partial charge in [-0.15, -0.1) is 0 Å². The van der Waals surface area contributed by atoms with Crippen molar-refractivity contribution in [3.8, 4) is 0 Å². The summed E-state index contributed by atoms with van der Waals surface area (Å²) in [6, 6.07) is 0.386. The highest BCUT2D eigenvalue weighted by atomic mass is 19.4. The van der Waals surface area contributed by atoms with E-state index >= 15 is 0 Å². The van der Waals surface area contributed by atoms with E-state index in [1.165, 1.54) is 4.90 Å². The summed E-state index contributed by atoms with van der Waals surface area (Å²) in [6.45, 7) is 0.595. The topological polar surface area (TPSA) is 89.5 Å². The Bertz CT molecular complexity index is 564. The fourth-order valence-electron chi connectivity index (χ4n) is 1.85.